The SMILES string of the molecule is Cc1cc(C)c(C(=O)O)c(Nc2cc(F)c(F)cc2F)n1. The Bertz CT molecular complexity index is 733. The second-order valence-electron chi connectivity index (χ2n) is 4.48. The van der Waals surface area contributed by atoms with E-state index in [0.717, 1.165) is 0 Å². The molecule has 0 amide bonds. The van der Waals surface area contributed by atoms with Crippen molar-refractivity contribution in [3.05, 3.63) is 52.5 Å². The number of hydrogen-bond donors (Lipinski definition) is 2. The van der Waals surface area contributed by atoms with E-state index < -0.39 is 29.1 Å². The molecule has 21 heavy (non-hydrogen) atoms. The molecule has 0 unspecified atom stereocenters. The first kappa shape index (κ1) is 14.8. The van der Waals surface area contributed by atoms with E-state index in [1.54, 1.807) is 19.9 Å². The van der Waals surface area contributed by atoms with Gasteiger partial charge in [-0.15, -0.1) is 0 Å². The van der Waals surface area contributed by atoms with Crippen LogP contribution < -0.4 is 5.32 Å². The zero-order valence-corrected chi connectivity index (χ0v) is 11.2. The zero-order valence-electron chi connectivity index (χ0n) is 11.2. The van der Waals surface area contributed by atoms with Crippen molar-refractivity contribution in [1.29, 1.82) is 0 Å². The summed E-state index contributed by atoms with van der Waals surface area (Å²) in [5, 5.41) is 11.6. The lowest BCUT2D eigenvalue weighted by Gasteiger charge is -2.12. The van der Waals surface area contributed by atoms with Gasteiger partial charge in [-0.1, -0.05) is 0 Å². The van der Waals surface area contributed by atoms with E-state index in [4.69, 9.17) is 0 Å². The van der Waals surface area contributed by atoms with Crippen molar-refractivity contribution in [2.75, 3.05) is 5.32 Å². The zero-order chi connectivity index (χ0) is 15.7. The molecule has 2 rings (SSSR count). The number of aromatic carboxylic acids is 1. The summed E-state index contributed by atoms with van der Waals surface area (Å²) >= 11 is 0. The molecule has 0 radical (unpaired) electrons. The molecule has 0 aliphatic rings. The summed E-state index contributed by atoms with van der Waals surface area (Å²) in [5.41, 5.74) is 0.363. The fourth-order valence-corrected chi connectivity index (χ4v) is 1.94. The summed E-state index contributed by atoms with van der Waals surface area (Å²) < 4.78 is 39.6. The Morgan fingerprint density at radius 3 is 2.33 bits per heavy atom. The van der Waals surface area contributed by atoms with E-state index in [1.807, 2.05) is 0 Å². The van der Waals surface area contributed by atoms with Gasteiger partial charge in [0.25, 0.3) is 0 Å². The number of carboxylic acids is 1. The summed E-state index contributed by atoms with van der Waals surface area (Å²) in [6.07, 6.45) is 0. The van der Waals surface area contributed by atoms with Gasteiger partial charge < -0.3 is 10.4 Å². The lowest BCUT2D eigenvalue weighted by molar-refractivity contribution is 0.0697. The number of rotatable bonds is 3. The number of anilines is 2. The number of nitrogens with zero attached hydrogens (tertiary/aromatic N) is 1. The molecule has 1 aromatic heterocycles. The highest BCUT2D eigenvalue weighted by molar-refractivity contribution is 5.95. The molecule has 0 bridgehead atoms. The maximum absolute atomic E-state index is 13.6. The lowest BCUT2D eigenvalue weighted by atomic mass is 10.1. The molecule has 110 valence electrons. The monoisotopic (exact) mass is 296 g/mol. The van der Waals surface area contributed by atoms with E-state index in [2.05, 4.69) is 10.3 Å². The Morgan fingerprint density at radius 2 is 1.71 bits per heavy atom. The van der Waals surface area contributed by atoms with Gasteiger partial charge in [-0.25, -0.2) is 22.9 Å². The number of aryl methyl sites for hydroxylation is 2. The molecular formula is C14H11F3N2O2. The first-order valence-corrected chi connectivity index (χ1v) is 5.92. The van der Waals surface area contributed by atoms with Crippen LogP contribution >= 0.6 is 0 Å². The molecule has 0 aliphatic heterocycles. The van der Waals surface area contributed by atoms with Crippen LogP contribution in [0.4, 0.5) is 24.7 Å². The van der Waals surface area contributed by atoms with Crippen LogP contribution in [0, 0.1) is 31.3 Å². The van der Waals surface area contributed by atoms with Crippen molar-refractivity contribution in [1.82, 2.24) is 4.98 Å². The standard InChI is InChI=1S/C14H11F3N2O2/c1-6-3-7(2)18-13(12(6)14(20)21)19-11-5-9(16)8(15)4-10(11)17/h3-5H,1-2H3,(H,18,19)(H,20,21). The van der Waals surface area contributed by atoms with E-state index in [1.165, 1.54) is 0 Å². The van der Waals surface area contributed by atoms with E-state index in [0.29, 0.717) is 23.4 Å². The normalized spacial score (nSPS) is 10.5. The molecule has 2 N–H and O–H groups in total. The number of carboxylic acid groups (broad SMARTS) is 1. The van der Waals surface area contributed by atoms with Crippen molar-refractivity contribution in [3.63, 3.8) is 0 Å². The fraction of sp³-hybridized carbons (Fsp3) is 0.143. The number of benzene rings is 1. The van der Waals surface area contributed by atoms with Crippen LogP contribution in [0.1, 0.15) is 21.6 Å². The van der Waals surface area contributed by atoms with Crippen LogP contribution in [0.5, 0.6) is 0 Å². The van der Waals surface area contributed by atoms with Crippen LogP contribution in [0.3, 0.4) is 0 Å². The first-order chi connectivity index (χ1) is 9.79. The number of hydrogen-bond acceptors (Lipinski definition) is 3. The minimum atomic E-state index is -1.33. The molecule has 0 atom stereocenters. The third-order valence-electron chi connectivity index (χ3n) is 2.82. The molecule has 1 heterocycles. The van der Waals surface area contributed by atoms with Gasteiger partial charge in [-0.3, -0.25) is 0 Å². The predicted octanol–water partition coefficient (Wildman–Crippen LogP) is 3.56. The van der Waals surface area contributed by atoms with E-state index in [-0.39, 0.29) is 11.4 Å². The third kappa shape index (κ3) is 2.96. The number of aromatic nitrogens is 1. The molecule has 0 fully saturated rings. The summed E-state index contributed by atoms with van der Waals surface area (Å²) in [7, 11) is 0. The van der Waals surface area contributed by atoms with Crippen LogP contribution in [-0.4, -0.2) is 16.1 Å². The van der Waals surface area contributed by atoms with Gasteiger partial charge >= 0.3 is 5.97 Å². The van der Waals surface area contributed by atoms with Crippen molar-refractivity contribution < 1.29 is 23.1 Å². The molecule has 1 aromatic carbocycles. The first-order valence-electron chi connectivity index (χ1n) is 5.92. The molecule has 2 aromatic rings. The van der Waals surface area contributed by atoms with Gasteiger partial charge in [-0.05, 0) is 25.5 Å². The Labute approximate surface area is 118 Å². The molecule has 7 heteroatoms. The smallest absolute Gasteiger partial charge is 0.339 e. The largest absolute Gasteiger partial charge is 0.478 e. The minimum absolute atomic E-state index is 0.134. The summed E-state index contributed by atoms with van der Waals surface area (Å²) in [4.78, 5) is 15.2. The Kier molecular flexibility index (Phi) is 3.84. The quantitative estimate of drug-likeness (QED) is 0.850. The van der Waals surface area contributed by atoms with Crippen LogP contribution in [0.2, 0.25) is 0 Å². The second-order valence-corrected chi connectivity index (χ2v) is 4.48. The summed E-state index contributed by atoms with van der Waals surface area (Å²) in [6, 6.07) is 2.53. The lowest BCUT2D eigenvalue weighted by Crippen LogP contribution is -2.09. The van der Waals surface area contributed by atoms with Crippen LogP contribution in [0.25, 0.3) is 0 Å². The average molecular weight is 296 g/mol. The van der Waals surface area contributed by atoms with Gasteiger partial charge in [0.05, 0.1) is 5.69 Å². The summed E-state index contributed by atoms with van der Waals surface area (Å²) in [6.45, 7) is 3.19. The fourth-order valence-electron chi connectivity index (χ4n) is 1.94. The van der Waals surface area contributed by atoms with E-state index >= 15 is 0 Å². The maximum Gasteiger partial charge on any atom is 0.339 e. The summed E-state index contributed by atoms with van der Waals surface area (Å²) in [5.74, 6) is -5.02. The van der Waals surface area contributed by atoms with Crippen LogP contribution in [0.15, 0.2) is 18.2 Å². The number of halogens is 3. The Balaban J connectivity index is 2.54. The van der Waals surface area contributed by atoms with Gasteiger partial charge in [-0.2, -0.15) is 0 Å². The second kappa shape index (κ2) is 5.43. The van der Waals surface area contributed by atoms with E-state index in [9.17, 15) is 23.1 Å². The molecule has 4 nitrogen and oxygen atoms in total. The molecule has 0 spiro atoms. The maximum atomic E-state index is 13.6. The van der Waals surface area contributed by atoms with Crippen LogP contribution in [-0.2, 0) is 0 Å². The van der Waals surface area contributed by atoms with Crippen molar-refractivity contribution in [2.24, 2.45) is 0 Å². The minimum Gasteiger partial charge on any atom is -0.478 e. The number of pyridine rings is 1. The predicted molar refractivity (Wildman–Crippen MR) is 70.3 cm³/mol. The van der Waals surface area contributed by atoms with Crippen molar-refractivity contribution in [3.8, 4) is 0 Å². The molecule has 0 aliphatic carbocycles. The van der Waals surface area contributed by atoms with Gasteiger partial charge in [0, 0.05) is 17.8 Å². The highest BCUT2D eigenvalue weighted by Gasteiger charge is 2.18. The molecule has 0 saturated carbocycles. The van der Waals surface area contributed by atoms with Gasteiger partial charge in [0.15, 0.2) is 11.6 Å². The Hall–Kier alpha value is -2.57. The highest BCUT2D eigenvalue weighted by Crippen LogP contribution is 2.26. The van der Waals surface area contributed by atoms with Crippen molar-refractivity contribution >= 4 is 17.5 Å². The van der Waals surface area contributed by atoms with Gasteiger partial charge in [0.1, 0.15) is 17.2 Å². The van der Waals surface area contributed by atoms with Gasteiger partial charge in [0.2, 0.25) is 0 Å². The topological polar surface area (TPSA) is 62.2 Å². The van der Waals surface area contributed by atoms with Crippen molar-refractivity contribution in [2.45, 2.75) is 13.8 Å². The number of nitrogens with one attached hydrogen (secondary N) is 1. The average Bonchev–Trinajstić information content (AvgIpc) is 2.34. The highest BCUT2D eigenvalue weighted by atomic mass is 19.2. The third-order valence-corrected chi connectivity index (χ3v) is 2.82. The number of carbonyl (C=O) groups is 1. The molecular weight excluding hydrogens is 285 g/mol. The molecule has 0 saturated heterocycles. The Morgan fingerprint density at radius 1 is 1.10 bits per heavy atom.